The van der Waals surface area contributed by atoms with Crippen LogP contribution in [0.5, 0.6) is 0 Å². The van der Waals surface area contributed by atoms with E-state index in [-0.39, 0.29) is 41.7 Å². The smallest absolute Gasteiger partial charge is 0.270 e. The van der Waals surface area contributed by atoms with Crippen LogP contribution < -0.4 is 21.5 Å². The molecule has 5 N–H and O–H groups in total. The number of nitriles is 1. The van der Waals surface area contributed by atoms with Crippen LogP contribution in [0.2, 0.25) is 0 Å². The van der Waals surface area contributed by atoms with Crippen LogP contribution in [0.4, 0.5) is 5.69 Å². The number of hydrazine groups is 1. The molecule has 1 amide bonds. The third kappa shape index (κ3) is 5.32. The Labute approximate surface area is 284 Å². The van der Waals surface area contributed by atoms with Crippen molar-refractivity contribution in [3.8, 4) is 6.07 Å². The van der Waals surface area contributed by atoms with Crippen molar-refractivity contribution in [3.63, 3.8) is 0 Å². The van der Waals surface area contributed by atoms with Gasteiger partial charge in [-0.05, 0) is 48.6 Å². The van der Waals surface area contributed by atoms with Crippen LogP contribution in [0, 0.1) is 16.7 Å². The van der Waals surface area contributed by atoms with E-state index in [2.05, 4.69) is 30.7 Å². The number of aromatic nitrogens is 2. The van der Waals surface area contributed by atoms with E-state index >= 15 is 0 Å². The summed E-state index contributed by atoms with van der Waals surface area (Å²) in [6.07, 6.45) is 8.74. The van der Waals surface area contributed by atoms with Crippen LogP contribution in [0.15, 0.2) is 142 Å². The van der Waals surface area contributed by atoms with Crippen LogP contribution in [0.1, 0.15) is 11.4 Å². The van der Waals surface area contributed by atoms with Gasteiger partial charge in [-0.1, -0.05) is 42.5 Å². The van der Waals surface area contributed by atoms with Gasteiger partial charge in [0.2, 0.25) is 0 Å². The minimum Gasteiger partial charge on any atom is -0.509 e. The molecule has 242 valence electrons. The Bertz CT molecular complexity index is 2460. The number of H-pyrrole nitrogens is 1. The summed E-state index contributed by atoms with van der Waals surface area (Å²) in [5, 5.41) is 35.2. The lowest BCUT2D eigenvalue weighted by molar-refractivity contribution is -0.118. The van der Waals surface area contributed by atoms with Gasteiger partial charge in [0.1, 0.15) is 28.8 Å². The molecule has 13 nitrogen and oxygen atoms in total. The number of hydrogen-bond donors (Lipinski definition) is 5. The highest BCUT2D eigenvalue weighted by molar-refractivity contribution is 6.26. The Morgan fingerprint density at radius 2 is 1.68 bits per heavy atom. The zero-order valence-corrected chi connectivity index (χ0v) is 26.2. The first-order chi connectivity index (χ1) is 24.4. The number of Topliss-reactive ketones (excluding diaryl/α,β-unsaturated/α-hetero) is 1. The van der Waals surface area contributed by atoms with Crippen LogP contribution in [0.3, 0.4) is 0 Å². The number of nitrogens with zero attached hydrogens (tertiary/aromatic N) is 6. The summed E-state index contributed by atoms with van der Waals surface area (Å²) in [5.74, 6) is -0.642. The van der Waals surface area contributed by atoms with Gasteiger partial charge in [0.25, 0.3) is 5.91 Å². The number of amidine groups is 1. The zero-order chi connectivity index (χ0) is 34.4. The molecule has 0 aliphatic carbocycles. The fourth-order valence-corrected chi connectivity index (χ4v) is 5.99. The topological polar surface area (TPSA) is 186 Å². The van der Waals surface area contributed by atoms with Gasteiger partial charge in [-0.2, -0.15) is 5.26 Å². The molecule has 0 unspecified atom stereocenters. The SMILES string of the molecule is N#CC(C(=O)CN1C=CC(=C2C=C(C(=O)NN3CC(O)=C(c4nc5ccccc5[nH]4)C3=N)c3ccccc3N2)C=C1)=C1N=c2ccccc2=N1. The Hall–Kier alpha value is -7.33. The van der Waals surface area contributed by atoms with Crippen molar-refractivity contribution < 1.29 is 14.7 Å². The van der Waals surface area contributed by atoms with E-state index in [1.165, 1.54) is 5.01 Å². The number of carbonyl (C=O) groups is 2. The molecule has 0 bridgehead atoms. The first-order valence-electron chi connectivity index (χ1n) is 15.6. The van der Waals surface area contributed by atoms with Gasteiger partial charge in [-0.25, -0.2) is 15.0 Å². The molecule has 13 heteroatoms. The maximum absolute atomic E-state index is 13.8. The van der Waals surface area contributed by atoms with E-state index in [1.54, 1.807) is 47.7 Å². The largest absolute Gasteiger partial charge is 0.509 e. The summed E-state index contributed by atoms with van der Waals surface area (Å²) in [4.78, 5) is 44.9. The van der Waals surface area contributed by atoms with Crippen molar-refractivity contribution in [3.05, 3.63) is 154 Å². The number of para-hydroxylation sites is 5. The molecule has 0 fully saturated rings. The molecule has 0 radical (unpaired) electrons. The molecule has 3 aromatic carbocycles. The first kappa shape index (κ1) is 30.0. The zero-order valence-electron chi connectivity index (χ0n) is 26.2. The Morgan fingerprint density at radius 1 is 0.980 bits per heavy atom. The van der Waals surface area contributed by atoms with Gasteiger partial charge in [0, 0.05) is 34.9 Å². The number of carbonyl (C=O) groups excluding carboxylic acids is 2. The highest BCUT2D eigenvalue weighted by Gasteiger charge is 2.33. The third-order valence-corrected chi connectivity index (χ3v) is 8.46. The molecule has 4 aromatic rings. The number of rotatable bonds is 6. The third-order valence-electron chi connectivity index (χ3n) is 8.46. The van der Waals surface area contributed by atoms with Crippen LogP contribution >= 0.6 is 0 Å². The maximum Gasteiger partial charge on any atom is 0.270 e. The number of fused-ring (bicyclic) bond motifs is 3. The number of benzene rings is 3. The summed E-state index contributed by atoms with van der Waals surface area (Å²) >= 11 is 0. The quantitative estimate of drug-likeness (QED) is 0.154. The molecule has 5 heterocycles. The molecule has 50 heavy (non-hydrogen) atoms. The molecule has 0 saturated carbocycles. The number of aliphatic hydroxyl groups excluding tert-OH is 1. The van der Waals surface area contributed by atoms with Crippen molar-refractivity contribution in [1.29, 1.82) is 10.7 Å². The number of hydrogen-bond acceptors (Lipinski definition) is 10. The van der Waals surface area contributed by atoms with E-state index in [9.17, 15) is 20.0 Å². The number of aromatic amines is 1. The second kappa shape index (κ2) is 12.0. The number of allylic oxidation sites excluding steroid dienone is 4. The van der Waals surface area contributed by atoms with E-state index in [0.717, 1.165) is 11.1 Å². The van der Waals surface area contributed by atoms with Crippen molar-refractivity contribution in [1.82, 2.24) is 25.3 Å². The number of imidazole rings is 1. The van der Waals surface area contributed by atoms with Crippen LogP contribution in [0.25, 0.3) is 22.2 Å². The van der Waals surface area contributed by atoms with Gasteiger partial charge >= 0.3 is 0 Å². The molecule has 0 atom stereocenters. The van der Waals surface area contributed by atoms with Gasteiger partial charge in [-0.15, -0.1) is 0 Å². The van der Waals surface area contributed by atoms with Gasteiger partial charge in [-0.3, -0.25) is 25.4 Å². The van der Waals surface area contributed by atoms with Crippen molar-refractivity contribution in [2.75, 3.05) is 18.4 Å². The number of ketones is 1. The maximum atomic E-state index is 13.8. The summed E-state index contributed by atoms with van der Waals surface area (Å²) in [5.41, 5.74) is 7.42. The highest BCUT2D eigenvalue weighted by Crippen LogP contribution is 2.34. The van der Waals surface area contributed by atoms with Crippen LogP contribution in [-0.2, 0) is 9.59 Å². The van der Waals surface area contributed by atoms with E-state index < -0.39 is 11.7 Å². The summed E-state index contributed by atoms with van der Waals surface area (Å²) in [6.45, 7) is -0.195. The van der Waals surface area contributed by atoms with E-state index in [1.807, 2.05) is 66.7 Å². The summed E-state index contributed by atoms with van der Waals surface area (Å²) in [6, 6.07) is 23.9. The molecule has 1 aromatic heterocycles. The molecule has 0 saturated heterocycles. The monoisotopic (exact) mass is 658 g/mol. The molecule has 8 rings (SSSR count). The Morgan fingerprint density at radius 3 is 2.42 bits per heavy atom. The van der Waals surface area contributed by atoms with Gasteiger partial charge < -0.3 is 20.3 Å². The minimum atomic E-state index is -0.474. The molecule has 0 spiro atoms. The fraction of sp³-hybridized carbons (Fsp3) is 0.0541. The molecular formula is C37H26N10O3. The Kier molecular flexibility index (Phi) is 7.23. The average Bonchev–Trinajstić information content (AvgIpc) is 3.82. The molecule has 4 aliphatic rings. The summed E-state index contributed by atoms with van der Waals surface area (Å²) in [7, 11) is 0. The fourth-order valence-electron chi connectivity index (χ4n) is 5.99. The molecular weight excluding hydrogens is 632 g/mol. The second-order valence-corrected chi connectivity index (χ2v) is 11.6. The Balaban J connectivity index is 1.01. The lowest BCUT2D eigenvalue weighted by atomic mass is 9.96. The highest BCUT2D eigenvalue weighted by atomic mass is 16.3. The average molecular weight is 659 g/mol. The first-order valence-corrected chi connectivity index (χ1v) is 15.6. The van der Waals surface area contributed by atoms with E-state index in [0.29, 0.717) is 44.6 Å². The standard InChI is InChI=1S/C37H26N10O3/c38-18-24(35-41-26-9-3-4-10-27(26)42-35)31(48)19-46-15-13-21(14-16-46)30-17-23(22-7-1-2-8-25(22)40-30)37(50)45-47-20-32(49)33(34(47)39)36-43-28-11-5-6-12-29(28)44-36/h1-17,39-40,49H,19-20H2,(H,43,44)(H,45,50). The van der Waals surface area contributed by atoms with Crippen molar-refractivity contribution in [2.45, 2.75) is 0 Å². The normalized spacial score (nSPS) is 16.0. The lowest BCUT2D eigenvalue weighted by Gasteiger charge is -2.26. The van der Waals surface area contributed by atoms with Gasteiger partial charge in [0.15, 0.2) is 17.4 Å². The van der Waals surface area contributed by atoms with Gasteiger partial charge in [0.05, 0.1) is 40.4 Å². The lowest BCUT2D eigenvalue weighted by Crippen LogP contribution is -2.44. The predicted octanol–water partition coefficient (Wildman–Crippen LogP) is 3.52. The minimum absolute atomic E-state index is 0.0902. The predicted molar refractivity (Wildman–Crippen MR) is 185 cm³/mol. The van der Waals surface area contributed by atoms with Crippen molar-refractivity contribution >= 4 is 45.4 Å². The van der Waals surface area contributed by atoms with Crippen molar-refractivity contribution in [2.24, 2.45) is 9.98 Å². The second-order valence-electron chi connectivity index (χ2n) is 11.6. The number of aliphatic hydroxyl groups is 1. The number of anilines is 1. The van der Waals surface area contributed by atoms with E-state index in [4.69, 9.17) is 5.41 Å². The summed E-state index contributed by atoms with van der Waals surface area (Å²) < 4.78 is 0. The number of amides is 1. The van der Waals surface area contributed by atoms with Crippen LogP contribution in [-0.4, -0.2) is 55.6 Å². The number of nitrogens with one attached hydrogen (secondary N) is 4. The molecule has 4 aliphatic heterocycles.